The Kier molecular flexibility index (Phi) is 3.61. The van der Waals surface area contributed by atoms with Crippen molar-refractivity contribution in [3.05, 3.63) is 0 Å². The molecule has 0 aromatic carbocycles. The Morgan fingerprint density at radius 3 is 2.80 bits per heavy atom. The van der Waals surface area contributed by atoms with Crippen LogP contribution in [0.3, 0.4) is 0 Å². The second kappa shape index (κ2) is 4.96. The minimum atomic E-state index is 0.225. The van der Waals surface area contributed by atoms with Crippen molar-refractivity contribution in [2.75, 3.05) is 13.7 Å². The summed E-state index contributed by atoms with van der Waals surface area (Å²) in [5, 5.41) is 12.6. The summed E-state index contributed by atoms with van der Waals surface area (Å²) in [6, 6.07) is 3.31. The lowest BCUT2D eigenvalue weighted by Gasteiger charge is -2.24. The van der Waals surface area contributed by atoms with Gasteiger partial charge in [0.1, 0.15) is 0 Å². The number of nitrogens with zero attached hydrogens (tertiary/aromatic N) is 1. The molecule has 0 aliphatic heterocycles. The van der Waals surface area contributed by atoms with E-state index in [1.165, 1.54) is 19.3 Å². The minimum Gasteiger partial charge on any atom is -0.383 e. The molecule has 3 unspecified atom stereocenters. The molecule has 3 heteroatoms. The molecule has 0 bridgehead atoms. The summed E-state index contributed by atoms with van der Waals surface area (Å²) in [5.41, 5.74) is 0. The Labute approximate surface area is 91.8 Å². The van der Waals surface area contributed by atoms with Gasteiger partial charge in [0.15, 0.2) is 0 Å². The van der Waals surface area contributed by atoms with Crippen LogP contribution in [0.2, 0.25) is 0 Å². The molecular formula is C12H20N2O. The second-order valence-electron chi connectivity index (χ2n) is 4.84. The van der Waals surface area contributed by atoms with Crippen molar-refractivity contribution in [3.63, 3.8) is 0 Å². The summed E-state index contributed by atoms with van der Waals surface area (Å²) in [4.78, 5) is 0. The summed E-state index contributed by atoms with van der Waals surface area (Å²) >= 11 is 0. The molecule has 0 aromatic heterocycles. The van der Waals surface area contributed by atoms with Crippen molar-refractivity contribution in [1.82, 2.24) is 5.32 Å². The standard InChI is InChI=1S/C12H20N2O/c1-15-8-12(9-5-6-9)14-11-4-2-3-10(11)7-13/h9-12,14H,2-6,8H2,1H3. The first-order valence-corrected chi connectivity index (χ1v) is 5.99. The predicted molar refractivity (Wildman–Crippen MR) is 58.3 cm³/mol. The topological polar surface area (TPSA) is 45.0 Å². The third kappa shape index (κ3) is 2.70. The summed E-state index contributed by atoms with van der Waals surface area (Å²) in [6.45, 7) is 0.791. The molecule has 3 atom stereocenters. The smallest absolute Gasteiger partial charge is 0.0672 e. The number of nitriles is 1. The van der Waals surface area contributed by atoms with Gasteiger partial charge in [-0.25, -0.2) is 0 Å². The van der Waals surface area contributed by atoms with E-state index >= 15 is 0 Å². The maximum atomic E-state index is 9.01. The van der Waals surface area contributed by atoms with Crippen LogP contribution in [0.25, 0.3) is 0 Å². The molecule has 15 heavy (non-hydrogen) atoms. The highest BCUT2D eigenvalue weighted by molar-refractivity contribution is 4.99. The quantitative estimate of drug-likeness (QED) is 0.748. The van der Waals surface area contributed by atoms with E-state index in [0.29, 0.717) is 12.1 Å². The van der Waals surface area contributed by atoms with Gasteiger partial charge in [-0.1, -0.05) is 6.42 Å². The Balaban J connectivity index is 1.85. The van der Waals surface area contributed by atoms with Crippen LogP contribution in [0, 0.1) is 23.2 Å². The van der Waals surface area contributed by atoms with Crippen LogP contribution in [-0.2, 0) is 4.74 Å². The van der Waals surface area contributed by atoms with Crippen molar-refractivity contribution in [2.45, 2.75) is 44.2 Å². The highest BCUT2D eigenvalue weighted by Gasteiger charge is 2.35. The fraction of sp³-hybridized carbons (Fsp3) is 0.917. The molecular weight excluding hydrogens is 188 g/mol. The zero-order chi connectivity index (χ0) is 10.7. The highest BCUT2D eigenvalue weighted by atomic mass is 16.5. The normalized spacial score (nSPS) is 32.5. The van der Waals surface area contributed by atoms with Crippen molar-refractivity contribution >= 4 is 0 Å². The fourth-order valence-corrected chi connectivity index (χ4v) is 2.59. The van der Waals surface area contributed by atoms with Crippen LogP contribution < -0.4 is 5.32 Å². The van der Waals surface area contributed by atoms with Gasteiger partial charge in [-0.15, -0.1) is 0 Å². The molecule has 0 heterocycles. The summed E-state index contributed by atoms with van der Waals surface area (Å²) in [7, 11) is 1.76. The molecule has 0 amide bonds. The number of hydrogen-bond donors (Lipinski definition) is 1. The first kappa shape index (κ1) is 10.9. The first-order chi connectivity index (χ1) is 7.35. The van der Waals surface area contributed by atoms with E-state index in [0.717, 1.165) is 25.4 Å². The van der Waals surface area contributed by atoms with Crippen LogP contribution in [0.5, 0.6) is 0 Å². The van der Waals surface area contributed by atoms with Gasteiger partial charge in [0.2, 0.25) is 0 Å². The molecule has 2 rings (SSSR count). The molecule has 0 saturated heterocycles. The Hall–Kier alpha value is -0.590. The Morgan fingerprint density at radius 1 is 1.40 bits per heavy atom. The van der Waals surface area contributed by atoms with Gasteiger partial charge in [-0.05, 0) is 31.6 Å². The second-order valence-corrected chi connectivity index (χ2v) is 4.84. The van der Waals surface area contributed by atoms with Gasteiger partial charge in [0.05, 0.1) is 18.6 Å². The molecule has 0 radical (unpaired) electrons. The van der Waals surface area contributed by atoms with E-state index in [-0.39, 0.29) is 5.92 Å². The largest absolute Gasteiger partial charge is 0.383 e. The van der Waals surface area contributed by atoms with Gasteiger partial charge in [-0.2, -0.15) is 5.26 Å². The lowest BCUT2D eigenvalue weighted by Crippen LogP contribution is -2.43. The number of methoxy groups -OCH3 is 1. The van der Waals surface area contributed by atoms with Gasteiger partial charge in [0, 0.05) is 19.2 Å². The van der Waals surface area contributed by atoms with E-state index in [9.17, 15) is 0 Å². The van der Waals surface area contributed by atoms with Crippen molar-refractivity contribution in [3.8, 4) is 6.07 Å². The van der Waals surface area contributed by atoms with Gasteiger partial charge in [-0.3, -0.25) is 0 Å². The van der Waals surface area contributed by atoms with Gasteiger partial charge >= 0.3 is 0 Å². The maximum Gasteiger partial charge on any atom is 0.0672 e. The zero-order valence-electron chi connectivity index (χ0n) is 9.41. The molecule has 2 aliphatic carbocycles. The van der Waals surface area contributed by atoms with E-state index in [1.807, 2.05) is 0 Å². The molecule has 84 valence electrons. The lowest BCUT2D eigenvalue weighted by molar-refractivity contribution is 0.149. The minimum absolute atomic E-state index is 0.225. The van der Waals surface area contributed by atoms with Crippen molar-refractivity contribution < 1.29 is 4.74 Å². The molecule has 0 spiro atoms. The number of ether oxygens (including phenoxy) is 1. The monoisotopic (exact) mass is 208 g/mol. The van der Waals surface area contributed by atoms with Gasteiger partial charge in [0.25, 0.3) is 0 Å². The van der Waals surface area contributed by atoms with Crippen LogP contribution in [-0.4, -0.2) is 25.8 Å². The van der Waals surface area contributed by atoms with Crippen molar-refractivity contribution in [1.29, 1.82) is 5.26 Å². The first-order valence-electron chi connectivity index (χ1n) is 5.99. The van der Waals surface area contributed by atoms with Gasteiger partial charge < -0.3 is 10.1 Å². The summed E-state index contributed by atoms with van der Waals surface area (Å²) in [5.74, 6) is 1.02. The Bertz CT molecular complexity index is 244. The number of rotatable bonds is 5. The van der Waals surface area contributed by atoms with Crippen molar-refractivity contribution in [2.24, 2.45) is 11.8 Å². The number of hydrogen-bond acceptors (Lipinski definition) is 3. The molecule has 2 saturated carbocycles. The van der Waals surface area contributed by atoms with Crippen LogP contribution in [0.1, 0.15) is 32.1 Å². The molecule has 3 nitrogen and oxygen atoms in total. The Morgan fingerprint density at radius 2 is 2.20 bits per heavy atom. The molecule has 2 aliphatic rings. The van der Waals surface area contributed by atoms with Crippen LogP contribution >= 0.6 is 0 Å². The zero-order valence-corrected chi connectivity index (χ0v) is 9.41. The lowest BCUT2D eigenvalue weighted by atomic mass is 10.0. The summed E-state index contributed by atoms with van der Waals surface area (Å²) < 4.78 is 5.24. The summed E-state index contributed by atoms with van der Waals surface area (Å²) in [6.07, 6.45) is 6.07. The highest BCUT2D eigenvalue weighted by Crippen LogP contribution is 2.34. The van der Waals surface area contributed by atoms with Crippen LogP contribution in [0.15, 0.2) is 0 Å². The third-order valence-electron chi connectivity index (χ3n) is 3.65. The van der Waals surface area contributed by atoms with E-state index in [1.54, 1.807) is 7.11 Å². The maximum absolute atomic E-state index is 9.01. The van der Waals surface area contributed by atoms with Crippen LogP contribution in [0.4, 0.5) is 0 Å². The average molecular weight is 208 g/mol. The molecule has 2 fully saturated rings. The third-order valence-corrected chi connectivity index (χ3v) is 3.65. The van der Waals surface area contributed by atoms with E-state index in [4.69, 9.17) is 10.00 Å². The molecule has 1 N–H and O–H groups in total. The SMILES string of the molecule is COCC(NC1CCCC1C#N)C1CC1. The molecule has 0 aromatic rings. The fourth-order valence-electron chi connectivity index (χ4n) is 2.59. The average Bonchev–Trinajstić information content (AvgIpc) is 2.99. The van der Waals surface area contributed by atoms with E-state index in [2.05, 4.69) is 11.4 Å². The van der Waals surface area contributed by atoms with E-state index < -0.39 is 0 Å². The predicted octanol–water partition coefficient (Wildman–Crippen LogP) is 1.69. The number of nitrogens with one attached hydrogen (secondary N) is 1.